The lowest BCUT2D eigenvalue weighted by Gasteiger charge is -2.12. The van der Waals surface area contributed by atoms with Crippen LogP contribution in [-0.2, 0) is 6.54 Å². The van der Waals surface area contributed by atoms with Crippen LogP contribution >= 0.6 is 23.2 Å². The summed E-state index contributed by atoms with van der Waals surface area (Å²) < 4.78 is 15.4. The van der Waals surface area contributed by atoms with Gasteiger partial charge in [-0.05, 0) is 23.8 Å². The molecule has 0 aliphatic heterocycles. The third-order valence-corrected chi connectivity index (χ3v) is 4.07. The van der Waals surface area contributed by atoms with Crippen LogP contribution in [0.1, 0.15) is 15.9 Å². The number of carbonyl (C=O) groups is 1. The number of imidazole rings is 1. The number of halogens is 3. The van der Waals surface area contributed by atoms with E-state index in [4.69, 9.17) is 23.2 Å². The molecule has 0 saturated heterocycles. The normalized spacial score (nSPS) is 10.6. The number of amides is 1. The molecule has 0 bridgehead atoms. The zero-order chi connectivity index (χ0) is 17.1. The Labute approximate surface area is 147 Å². The lowest BCUT2D eigenvalue weighted by Crippen LogP contribution is -2.24. The van der Waals surface area contributed by atoms with Gasteiger partial charge in [0.15, 0.2) is 0 Å². The van der Waals surface area contributed by atoms with E-state index in [1.54, 1.807) is 12.5 Å². The first-order valence-corrected chi connectivity index (χ1v) is 7.81. The molecule has 0 radical (unpaired) electrons. The van der Waals surface area contributed by atoms with Gasteiger partial charge in [0.2, 0.25) is 0 Å². The standard InChI is InChI=1S/C17H12Cl2FN3O/c18-13-8-14(19)15(20)7-12(13)17(24)22-9-11-3-1-2-4-16(11)23-6-5-21-10-23/h1-8,10H,9H2,(H,22,24). The maximum absolute atomic E-state index is 13.6. The van der Waals surface area contributed by atoms with Crippen molar-refractivity contribution in [2.24, 2.45) is 0 Å². The van der Waals surface area contributed by atoms with Gasteiger partial charge in [-0.1, -0.05) is 41.4 Å². The van der Waals surface area contributed by atoms with Gasteiger partial charge in [-0.3, -0.25) is 4.79 Å². The van der Waals surface area contributed by atoms with Gasteiger partial charge in [0.25, 0.3) is 5.91 Å². The van der Waals surface area contributed by atoms with Crippen molar-refractivity contribution in [3.05, 3.63) is 82.1 Å². The molecule has 0 aliphatic rings. The number of carbonyl (C=O) groups excluding carboxylic acids is 1. The van der Waals surface area contributed by atoms with Crippen LogP contribution in [0.15, 0.2) is 55.1 Å². The molecule has 0 atom stereocenters. The molecule has 122 valence electrons. The van der Waals surface area contributed by atoms with Crippen molar-refractivity contribution in [1.82, 2.24) is 14.9 Å². The first-order chi connectivity index (χ1) is 11.6. The van der Waals surface area contributed by atoms with E-state index < -0.39 is 11.7 Å². The largest absolute Gasteiger partial charge is 0.348 e. The second-order valence-electron chi connectivity index (χ2n) is 5.03. The van der Waals surface area contributed by atoms with Crippen molar-refractivity contribution in [3.8, 4) is 5.69 Å². The van der Waals surface area contributed by atoms with E-state index >= 15 is 0 Å². The van der Waals surface area contributed by atoms with Crippen molar-refractivity contribution in [1.29, 1.82) is 0 Å². The number of nitrogens with zero attached hydrogens (tertiary/aromatic N) is 2. The fourth-order valence-corrected chi connectivity index (χ4v) is 2.75. The van der Waals surface area contributed by atoms with Crippen molar-refractivity contribution >= 4 is 29.1 Å². The first-order valence-electron chi connectivity index (χ1n) is 7.05. The van der Waals surface area contributed by atoms with Gasteiger partial charge in [0.1, 0.15) is 5.82 Å². The Morgan fingerprint density at radius 3 is 2.75 bits per heavy atom. The average Bonchev–Trinajstić information content (AvgIpc) is 3.10. The maximum atomic E-state index is 13.6. The molecule has 0 saturated carbocycles. The van der Waals surface area contributed by atoms with Gasteiger partial charge in [0.05, 0.1) is 27.6 Å². The summed E-state index contributed by atoms with van der Waals surface area (Å²) in [5.41, 5.74) is 1.82. The number of benzene rings is 2. The topological polar surface area (TPSA) is 46.9 Å². The highest BCUT2D eigenvalue weighted by Crippen LogP contribution is 2.24. The molecule has 1 amide bonds. The Morgan fingerprint density at radius 2 is 2.00 bits per heavy atom. The Kier molecular flexibility index (Phi) is 4.83. The first kappa shape index (κ1) is 16.5. The molecule has 0 fully saturated rings. The molecule has 1 aromatic heterocycles. The Morgan fingerprint density at radius 1 is 1.21 bits per heavy atom. The van der Waals surface area contributed by atoms with Crippen LogP contribution in [-0.4, -0.2) is 15.5 Å². The summed E-state index contributed by atoms with van der Waals surface area (Å²) in [6, 6.07) is 9.81. The molecular formula is C17H12Cl2FN3O. The van der Waals surface area contributed by atoms with Crippen LogP contribution in [0.2, 0.25) is 10.0 Å². The van der Waals surface area contributed by atoms with Gasteiger partial charge >= 0.3 is 0 Å². The number of hydrogen-bond acceptors (Lipinski definition) is 2. The quantitative estimate of drug-likeness (QED) is 0.704. The molecule has 1 heterocycles. The minimum atomic E-state index is -0.690. The van der Waals surface area contributed by atoms with E-state index in [2.05, 4.69) is 10.3 Å². The van der Waals surface area contributed by atoms with Crippen molar-refractivity contribution in [3.63, 3.8) is 0 Å². The second-order valence-corrected chi connectivity index (χ2v) is 5.84. The van der Waals surface area contributed by atoms with E-state index in [1.165, 1.54) is 6.07 Å². The molecule has 3 rings (SSSR count). The van der Waals surface area contributed by atoms with E-state index in [0.717, 1.165) is 17.3 Å². The van der Waals surface area contributed by atoms with E-state index in [1.807, 2.05) is 35.0 Å². The minimum Gasteiger partial charge on any atom is -0.348 e. The van der Waals surface area contributed by atoms with Crippen LogP contribution in [0.4, 0.5) is 4.39 Å². The monoisotopic (exact) mass is 363 g/mol. The van der Waals surface area contributed by atoms with Gasteiger partial charge < -0.3 is 9.88 Å². The highest BCUT2D eigenvalue weighted by molar-refractivity contribution is 6.36. The van der Waals surface area contributed by atoms with E-state index in [0.29, 0.717) is 0 Å². The molecule has 3 aromatic rings. The molecule has 0 spiro atoms. The van der Waals surface area contributed by atoms with Crippen LogP contribution in [0.25, 0.3) is 5.69 Å². The number of para-hydroxylation sites is 1. The summed E-state index contributed by atoms with van der Waals surface area (Å²) in [6.07, 6.45) is 5.16. The molecule has 0 unspecified atom stereocenters. The average molecular weight is 364 g/mol. The number of rotatable bonds is 4. The maximum Gasteiger partial charge on any atom is 0.253 e. The summed E-state index contributed by atoms with van der Waals surface area (Å²) in [7, 11) is 0. The molecule has 4 nitrogen and oxygen atoms in total. The van der Waals surface area contributed by atoms with Crippen molar-refractivity contribution in [2.75, 3.05) is 0 Å². The van der Waals surface area contributed by atoms with Gasteiger partial charge in [0, 0.05) is 18.9 Å². The predicted molar refractivity (Wildman–Crippen MR) is 91.2 cm³/mol. The fourth-order valence-electron chi connectivity index (χ4n) is 2.28. The smallest absolute Gasteiger partial charge is 0.253 e. The zero-order valence-electron chi connectivity index (χ0n) is 12.3. The summed E-state index contributed by atoms with van der Waals surface area (Å²) in [5, 5.41) is 2.71. The number of hydrogen-bond donors (Lipinski definition) is 1. The second kappa shape index (κ2) is 7.03. The molecule has 7 heteroatoms. The third-order valence-electron chi connectivity index (χ3n) is 3.47. The predicted octanol–water partition coefficient (Wildman–Crippen LogP) is 4.25. The highest BCUT2D eigenvalue weighted by atomic mass is 35.5. The van der Waals surface area contributed by atoms with Gasteiger partial charge in [-0.25, -0.2) is 9.37 Å². The van der Waals surface area contributed by atoms with Crippen LogP contribution in [0, 0.1) is 5.82 Å². The number of nitrogens with one attached hydrogen (secondary N) is 1. The third kappa shape index (κ3) is 3.42. The highest BCUT2D eigenvalue weighted by Gasteiger charge is 2.14. The van der Waals surface area contributed by atoms with Crippen molar-refractivity contribution < 1.29 is 9.18 Å². The Balaban J connectivity index is 1.80. The molecular weight excluding hydrogens is 352 g/mol. The zero-order valence-corrected chi connectivity index (χ0v) is 13.9. The van der Waals surface area contributed by atoms with Crippen LogP contribution in [0.3, 0.4) is 0 Å². The number of aromatic nitrogens is 2. The summed E-state index contributed by atoms with van der Waals surface area (Å²) in [5.74, 6) is -1.17. The van der Waals surface area contributed by atoms with E-state index in [9.17, 15) is 9.18 Å². The summed E-state index contributed by atoms with van der Waals surface area (Å²) in [6.45, 7) is 0.258. The van der Waals surface area contributed by atoms with Gasteiger partial charge in [-0.15, -0.1) is 0 Å². The van der Waals surface area contributed by atoms with Gasteiger partial charge in [-0.2, -0.15) is 0 Å². The molecule has 24 heavy (non-hydrogen) atoms. The molecule has 2 aromatic carbocycles. The van der Waals surface area contributed by atoms with Crippen LogP contribution in [0.5, 0.6) is 0 Å². The van der Waals surface area contributed by atoms with Crippen molar-refractivity contribution in [2.45, 2.75) is 6.54 Å². The fraction of sp³-hybridized carbons (Fsp3) is 0.0588. The Bertz CT molecular complexity index is 882. The summed E-state index contributed by atoms with van der Waals surface area (Å²) in [4.78, 5) is 16.3. The SMILES string of the molecule is O=C(NCc1ccccc1-n1ccnc1)c1cc(F)c(Cl)cc1Cl. The van der Waals surface area contributed by atoms with E-state index in [-0.39, 0.29) is 22.2 Å². The summed E-state index contributed by atoms with van der Waals surface area (Å²) >= 11 is 11.6. The Hall–Kier alpha value is -2.37. The molecule has 0 aliphatic carbocycles. The molecule has 1 N–H and O–H groups in total. The lowest BCUT2D eigenvalue weighted by atomic mass is 10.1. The minimum absolute atomic E-state index is 0.0404. The van der Waals surface area contributed by atoms with Crippen LogP contribution < -0.4 is 5.32 Å². The lowest BCUT2D eigenvalue weighted by molar-refractivity contribution is 0.0950.